The number of rotatable bonds is 0. The van der Waals surface area contributed by atoms with Crippen LogP contribution in [0.5, 0.6) is 0 Å². The van der Waals surface area contributed by atoms with Crippen LogP contribution >= 0.6 is 23.2 Å². The monoisotopic (exact) mass is 176 g/mol. The Hall–Kier alpha value is 0.0600. The Labute approximate surface area is 71.5 Å². The van der Waals surface area contributed by atoms with Crippen molar-refractivity contribution in [3.63, 3.8) is 0 Å². The molecule has 0 fully saturated rings. The van der Waals surface area contributed by atoms with E-state index in [1.54, 1.807) is 0 Å². The van der Waals surface area contributed by atoms with Crippen LogP contribution in [-0.4, -0.2) is 0 Å². The van der Waals surface area contributed by atoms with Gasteiger partial charge in [-0.05, 0) is 18.8 Å². The maximum absolute atomic E-state index is 5.80. The van der Waals surface area contributed by atoms with E-state index in [1.165, 1.54) is 0 Å². The van der Waals surface area contributed by atoms with Crippen molar-refractivity contribution in [2.45, 2.75) is 19.8 Å². The molecule has 0 aliphatic heterocycles. The summed E-state index contributed by atoms with van der Waals surface area (Å²) in [5, 5.41) is 1.40. The summed E-state index contributed by atoms with van der Waals surface area (Å²) < 4.78 is 0. The lowest BCUT2D eigenvalue weighted by Crippen LogP contribution is -1.86. The smallest absolute Gasteiger partial charge is 0.0549 e. The molecule has 0 aromatic rings. The van der Waals surface area contributed by atoms with Crippen LogP contribution in [0, 0.1) is 5.92 Å². The lowest BCUT2D eigenvalue weighted by molar-refractivity contribution is 0.606. The Bertz CT molecular complexity index is 160. The van der Waals surface area contributed by atoms with Gasteiger partial charge in [-0.1, -0.05) is 42.3 Å². The molecule has 0 aromatic heterocycles. The molecule has 1 rings (SSSR count). The van der Waals surface area contributed by atoms with Crippen LogP contribution in [0.15, 0.2) is 22.2 Å². The number of hydrogen-bond acceptors (Lipinski definition) is 0. The molecule has 10 heavy (non-hydrogen) atoms. The molecule has 0 atom stereocenters. The SMILES string of the molecule is CC1CC=C(Cl)C(Cl)=CC1. The van der Waals surface area contributed by atoms with E-state index < -0.39 is 0 Å². The first kappa shape index (κ1) is 8.16. The summed E-state index contributed by atoms with van der Waals surface area (Å²) >= 11 is 11.6. The highest BCUT2D eigenvalue weighted by Gasteiger charge is 2.06. The summed E-state index contributed by atoms with van der Waals surface area (Å²) in [7, 11) is 0. The summed E-state index contributed by atoms with van der Waals surface area (Å²) in [6.45, 7) is 2.19. The van der Waals surface area contributed by atoms with Crippen LogP contribution in [0.2, 0.25) is 0 Å². The van der Waals surface area contributed by atoms with Gasteiger partial charge >= 0.3 is 0 Å². The minimum Gasteiger partial charge on any atom is -0.0831 e. The average Bonchev–Trinajstić information content (AvgIpc) is 2.04. The molecule has 0 nitrogen and oxygen atoms in total. The number of allylic oxidation sites excluding steroid dienone is 4. The second-order valence-electron chi connectivity index (χ2n) is 2.68. The summed E-state index contributed by atoms with van der Waals surface area (Å²) in [6.07, 6.45) is 6.03. The normalized spacial score (nSPS) is 21.5. The van der Waals surface area contributed by atoms with E-state index in [4.69, 9.17) is 23.2 Å². The van der Waals surface area contributed by atoms with Crippen LogP contribution in [0.25, 0.3) is 0 Å². The van der Waals surface area contributed by atoms with Crippen molar-refractivity contribution >= 4 is 23.2 Å². The number of hydrogen-bond donors (Lipinski definition) is 0. The van der Waals surface area contributed by atoms with E-state index >= 15 is 0 Å². The molecule has 2 heteroatoms. The van der Waals surface area contributed by atoms with Gasteiger partial charge in [-0.15, -0.1) is 0 Å². The fourth-order valence-electron chi connectivity index (χ4n) is 0.901. The molecule has 0 saturated heterocycles. The Morgan fingerprint density at radius 2 is 1.60 bits per heavy atom. The van der Waals surface area contributed by atoms with E-state index in [0.717, 1.165) is 12.8 Å². The zero-order chi connectivity index (χ0) is 7.56. The molecule has 0 N–H and O–H groups in total. The van der Waals surface area contributed by atoms with Crippen molar-refractivity contribution in [1.29, 1.82) is 0 Å². The van der Waals surface area contributed by atoms with Gasteiger partial charge in [0.25, 0.3) is 0 Å². The number of halogens is 2. The molecule has 1 aliphatic carbocycles. The van der Waals surface area contributed by atoms with Crippen LogP contribution in [0.4, 0.5) is 0 Å². The van der Waals surface area contributed by atoms with Gasteiger partial charge in [-0.3, -0.25) is 0 Å². The van der Waals surface area contributed by atoms with Crippen molar-refractivity contribution in [3.05, 3.63) is 22.2 Å². The Balaban J connectivity index is 2.73. The van der Waals surface area contributed by atoms with E-state index in [1.807, 2.05) is 12.2 Å². The van der Waals surface area contributed by atoms with Crippen LogP contribution < -0.4 is 0 Å². The van der Waals surface area contributed by atoms with Gasteiger partial charge in [0.15, 0.2) is 0 Å². The van der Waals surface area contributed by atoms with Gasteiger partial charge in [0.05, 0.1) is 10.1 Å². The molecule has 0 spiro atoms. The quantitative estimate of drug-likeness (QED) is 0.529. The Kier molecular flexibility index (Phi) is 2.82. The molecular formula is C8H10Cl2. The summed E-state index contributed by atoms with van der Waals surface area (Å²) in [5.41, 5.74) is 0. The molecule has 56 valence electrons. The zero-order valence-electron chi connectivity index (χ0n) is 5.90. The summed E-state index contributed by atoms with van der Waals surface area (Å²) in [4.78, 5) is 0. The zero-order valence-corrected chi connectivity index (χ0v) is 7.41. The highest BCUT2D eigenvalue weighted by Crippen LogP contribution is 2.26. The molecule has 1 aliphatic rings. The Morgan fingerprint density at radius 1 is 1.20 bits per heavy atom. The molecule has 0 aromatic carbocycles. The van der Waals surface area contributed by atoms with E-state index in [-0.39, 0.29) is 0 Å². The second kappa shape index (κ2) is 3.45. The minimum atomic E-state index is 0.671. The van der Waals surface area contributed by atoms with Gasteiger partial charge in [-0.25, -0.2) is 0 Å². The second-order valence-corrected chi connectivity index (χ2v) is 3.50. The molecular weight excluding hydrogens is 167 g/mol. The fraction of sp³-hybridized carbons (Fsp3) is 0.500. The highest BCUT2D eigenvalue weighted by atomic mass is 35.5. The van der Waals surface area contributed by atoms with E-state index in [2.05, 4.69) is 6.92 Å². The lowest BCUT2D eigenvalue weighted by atomic mass is 10.1. The minimum absolute atomic E-state index is 0.671. The molecule has 0 unspecified atom stereocenters. The standard InChI is InChI=1S/C8H10Cl2/c1-6-2-4-7(9)8(10)5-3-6/h4-6H,2-3H2,1H3. The van der Waals surface area contributed by atoms with E-state index in [9.17, 15) is 0 Å². The molecule has 0 bridgehead atoms. The topological polar surface area (TPSA) is 0 Å². The van der Waals surface area contributed by atoms with Gasteiger partial charge in [0.1, 0.15) is 0 Å². The van der Waals surface area contributed by atoms with Crippen LogP contribution in [-0.2, 0) is 0 Å². The van der Waals surface area contributed by atoms with Crippen molar-refractivity contribution in [2.24, 2.45) is 5.92 Å². The first-order valence-electron chi connectivity index (χ1n) is 3.42. The van der Waals surface area contributed by atoms with Crippen molar-refractivity contribution in [3.8, 4) is 0 Å². The maximum Gasteiger partial charge on any atom is 0.0549 e. The van der Waals surface area contributed by atoms with E-state index in [0.29, 0.717) is 16.0 Å². The van der Waals surface area contributed by atoms with Gasteiger partial charge in [0.2, 0.25) is 0 Å². The fourth-order valence-corrected chi connectivity index (χ4v) is 1.23. The van der Waals surface area contributed by atoms with Crippen molar-refractivity contribution < 1.29 is 0 Å². The first-order chi connectivity index (χ1) is 4.70. The molecule has 0 amide bonds. The predicted molar refractivity (Wildman–Crippen MR) is 46.3 cm³/mol. The van der Waals surface area contributed by atoms with Gasteiger partial charge in [-0.2, -0.15) is 0 Å². The van der Waals surface area contributed by atoms with Gasteiger partial charge < -0.3 is 0 Å². The molecule has 0 radical (unpaired) electrons. The lowest BCUT2D eigenvalue weighted by Gasteiger charge is -1.99. The molecule has 0 heterocycles. The van der Waals surface area contributed by atoms with Crippen LogP contribution in [0.3, 0.4) is 0 Å². The van der Waals surface area contributed by atoms with Crippen molar-refractivity contribution in [1.82, 2.24) is 0 Å². The third-order valence-corrected chi connectivity index (χ3v) is 2.44. The third-order valence-electron chi connectivity index (χ3n) is 1.63. The first-order valence-corrected chi connectivity index (χ1v) is 4.17. The highest BCUT2D eigenvalue weighted by molar-refractivity contribution is 6.43. The average molecular weight is 177 g/mol. The maximum atomic E-state index is 5.80. The van der Waals surface area contributed by atoms with Crippen molar-refractivity contribution in [2.75, 3.05) is 0 Å². The van der Waals surface area contributed by atoms with Gasteiger partial charge in [0, 0.05) is 0 Å². The predicted octanol–water partition coefficient (Wildman–Crippen LogP) is 3.66. The third kappa shape index (κ3) is 2.03. The largest absolute Gasteiger partial charge is 0.0831 e. The summed E-state index contributed by atoms with van der Waals surface area (Å²) in [6, 6.07) is 0. The van der Waals surface area contributed by atoms with Crippen LogP contribution in [0.1, 0.15) is 19.8 Å². The molecule has 0 saturated carbocycles. The summed E-state index contributed by atoms with van der Waals surface area (Å²) in [5.74, 6) is 0.671. The Morgan fingerprint density at radius 3 is 2.00 bits per heavy atom.